The Balaban J connectivity index is 1.83. The first-order chi connectivity index (χ1) is 16.1. The van der Waals surface area contributed by atoms with Gasteiger partial charge in [0, 0.05) is 52.8 Å². The van der Waals surface area contributed by atoms with Gasteiger partial charge in [-0.1, -0.05) is 48.5 Å². The fourth-order valence-corrected chi connectivity index (χ4v) is 4.88. The molecule has 2 aromatic carbocycles. The Morgan fingerprint density at radius 1 is 1.06 bits per heavy atom. The zero-order valence-corrected chi connectivity index (χ0v) is 18.5. The lowest BCUT2D eigenvalue weighted by Gasteiger charge is -2.41. The minimum absolute atomic E-state index is 0.0111. The van der Waals surface area contributed by atoms with E-state index in [-0.39, 0.29) is 17.4 Å². The summed E-state index contributed by atoms with van der Waals surface area (Å²) in [5.74, 6) is -0.287. The predicted octanol–water partition coefficient (Wildman–Crippen LogP) is 5.95. The van der Waals surface area contributed by atoms with Gasteiger partial charge in [-0.25, -0.2) is 0 Å². The molecule has 1 aromatic heterocycles. The van der Waals surface area contributed by atoms with Crippen LogP contribution < -0.4 is 4.90 Å². The standard InChI is InChI=1S/C28H25N3O2/c1-18-8-5-12-21(16-18)31-22-13-6-14-23(32)25(22)24(20-11-7-15-30-17-20)26(28(31)29)27(33)19-9-3-2-4-10-19/h2-5,7-12,15-17,24,29,33H,6,13-14H2,1H3/t24-/m1/s1. The van der Waals surface area contributed by atoms with Gasteiger partial charge in [-0.15, -0.1) is 0 Å². The Morgan fingerprint density at radius 2 is 1.88 bits per heavy atom. The van der Waals surface area contributed by atoms with Crippen molar-refractivity contribution in [1.82, 2.24) is 4.98 Å². The van der Waals surface area contributed by atoms with Crippen LogP contribution in [0.4, 0.5) is 5.69 Å². The average molecular weight is 436 g/mol. The highest BCUT2D eigenvalue weighted by atomic mass is 16.3. The number of hydrogen-bond acceptors (Lipinski definition) is 4. The van der Waals surface area contributed by atoms with Gasteiger partial charge in [0.15, 0.2) is 5.78 Å². The van der Waals surface area contributed by atoms with E-state index in [0.29, 0.717) is 29.6 Å². The smallest absolute Gasteiger partial charge is 0.161 e. The molecule has 33 heavy (non-hydrogen) atoms. The molecule has 164 valence electrons. The second-order valence-corrected chi connectivity index (χ2v) is 8.51. The second kappa shape index (κ2) is 8.51. The maximum absolute atomic E-state index is 13.4. The van der Waals surface area contributed by atoms with Gasteiger partial charge < -0.3 is 5.11 Å². The zero-order chi connectivity index (χ0) is 22.9. The van der Waals surface area contributed by atoms with Crippen LogP contribution in [0.2, 0.25) is 0 Å². The van der Waals surface area contributed by atoms with E-state index in [1.165, 1.54) is 0 Å². The lowest BCUT2D eigenvalue weighted by molar-refractivity contribution is -0.116. The minimum atomic E-state index is -0.546. The first kappa shape index (κ1) is 20.9. The van der Waals surface area contributed by atoms with Gasteiger partial charge in [0.25, 0.3) is 0 Å². The molecule has 1 aliphatic carbocycles. The normalized spacial score (nSPS) is 20.0. The molecule has 2 aliphatic rings. The number of allylic oxidation sites excluding steroid dienone is 2. The summed E-state index contributed by atoms with van der Waals surface area (Å²) in [6.07, 6.45) is 5.33. The Kier molecular flexibility index (Phi) is 5.38. The fraction of sp³-hybridized carbons (Fsp3) is 0.179. The largest absolute Gasteiger partial charge is 0.507 e. The Bertz CT molecular complexity index is 1290. The van der Waals surface area contributed by atoms with Gasteiger partial charge in [0.2, 0.25) is 0 Å². The lowest BCUT2D eigenvalue weighted by atomic mass is 9.73. The van der Waals surface area contributed by atoms with E-state index in [0.717, 1.165) is 28.9 Å². The summed E-state index contributed by atoms with van der Waals surface area (Å²) in [5.41, 5.74) is 5.23. The van der Waals surface area contributed by atoms with Crippen LogP contribution in [0.3, 0.4) is 0 Å². The van der Waals surface area contributed by atoms with E-state index in [2.05, 4.69) is 4.98 Å². The first-order valence-electron chi connectivity index (χ1n) is 11.2. The quantitative estimate of drug-likeness (QED) is 0.499. The van der Waals surface area contributed by atoms with Crippen molar-refractivity contribution in [2.24, 2.45) is 0 Å². The van der Waals surface area contributed by atoms with Crippen LogP contribution in [0.15, 0.2) is 96.0 Å². The number of aliphatic hydroxyl groups excluding tert-OH is 1. The number of rotatable bonds is 3. The molecule has 3 aromatic rings. The maximum Gasteiger partial charge on any atom is 0.161 e. The Morgan fingerprint density at radius 3 is 2.61 bits per heavy atom. The SMILES string of the molecule is Cc1cccc(N2C(=N)C(=C(O)c3ccccc3)[C@H](c3cccnc3)C3=C2CCCC3=O)c1. The highest BCUT2D eigenvalue weighted by Gasteiger charge is 2.43. The molecule has 2 heterocycles. The molecule has 0 spiro atoms. The zero-order valence-electron chi connectivity index (χ0n) is 18.5. The van der Waals surface area contributed by atoms with Crippen molar-refractivity contribution in [2.75, 3.05) is 4.90 Å². The van der Waals surface area contributed by atoms with Gasteiger partial charge in [-0.05, 0) is 49.1 Å². The van der Waals surface area contributed by atoms with Crippen LogP contribution in [-0.4, -0.2) is 21.7 Å². The number of carbonyl (C=O) groups is 1. The molecule has 5 nitrogen and oxygen atoms in total. The van der Waals surface area contributed by atoms with Crippen LogP contribution >= 0.6 is 0 Å². The fourth-order valence-electron chi connectivity index (χ4n) is 4.88. The third-order valence-electron chi connectivity index (χ3n) is 6.33. The van der Waals surface area contributed by atoms with Crippen molar-refractivity contribution in [1.29, 1.82) is 5.41 Å². The molecular weight excluding hydrogens is 410 g/mol. The summed E-state index contributed by atoms with van der Waals surface area (Å²) >= 11 is 0. The van der Waals surface area contributed by atoms with Crippen LogP contribution in [-0.2, 0) is 4.79 Å². The summed E-state index contributed by atoms with van der Waals surface area (Å²) < 4.78 is 0. The van der Waals surface area contributed by atoms with E-state index < -0.39 is 5.92 Å². The molecule has 5 heteroatoms. The minimum Gasteiger partial charge on any atom is -0.507 e. The Hall–Kier alpha value is -3.99. The highest BCUT2D eigenvalue weighted by Crippen LogP contribution is 2.47. The number of nitrogens with one attached hydrogen (secondary N) is 1. The maximum atomic E-state index is 13.4. The average Bonchev–Trinajstić information content (AvgIpc) is 2.84. The number of Topliss-reactive ketones (excluding diaryl/α,β-unsaturated/α-hetero) is 1. The summed E-state index contributed by atoms with van der Waals surface area (Å²) in [4.78, 5) is 19.5. The molecular formula is C28H25N3O2. The van der Waals surface area contributed by atoms with Crippen molar-refractivity contribution in [3.8, 4) is 0 Å². The van der Waals surface area contributed by atoms with Gasteiger partial charge in [-0.3, -0.25) is 20.1 Å². The lowest BCUT2D eigenvalue weighted by Crippen LogP contribution is -2.42. The van der Waals surface area contributed by atoms with E-state index in [4.69, 9.17) is 0 Å². The van der Waals surface area contributed by atoms with Crippen LogP contribution in [0.25, 0.3) is 5.76 Å². The van der Waals surface area contributed by atoms with Gasteiger partial charge in [-0.2, -0.15) is 0 Å². The number of aromatic nitrogens is 1. The van der Waals surface area contributed by atoms with Crippen LogP contribution in [0.5, 0.6) is 0 Å². The molecule has 1 aliphatic heterocycles. The topological polar surface area (TPSA) is 77.3 Å². The number of nitrogens with zero attached hydrogens (tertiary/aromatic N) is 2. The number of ketones is 1. The number of hydrogen-bond donors (Lipinski definition) is 2. The summed E-state index contributed by atoms with van der Waals surface area (Å²) in [7, 11) is 0. The van der Waals surface area contributed by atoms with Gasteiger partial charge >= 0.3 is 0 Å². The number of pyridine rings is 1. The number of amidine groups is 1. The number of aryl methyl sites for hydroxylation is 1. The molecule has 0 saturated heterocycles. The number of benzene rings is 2. The molecule has 0 amide bonds. The van der Waals surface area contributed by atoms with E-state index in [1.807, 2.05) is 78.6 Å². The third-order valence-corrected chi connectivity index (χ3v) is 6.33. The monoisotopic (exact) mass is 435 g/mol. The van der Waals surface area contributed by atoms with Crippen molar-refractivity contribution in [3.63, 3.8) is 0 Å². The van der Waals surface area contributed by atoms with Gasteiger partial charge in [0.1, 0.15) is 11.6 Å². The molecule has 5 rings (SSSR count). The summed E-state index contributed by atoms with van der Waals surface area (Å²) in [6.45, 7) is 2.01. The highest BCUT2D eigenvalue weighted by molar-refractivity contribution is 6.19. The number of carbonyl (C=O) groups excluding carboxylic acids is 1. The molecule has 0 bridgehead atoms. The van der Waals surface area contributed by atoms with Gasteiger partial charge in [0.05, 0.1) is 0 Å². The molecule has 0 fully saturated rings. The molecule has 0 saturated carbocycles. The molecule has 0 radical (unpaired) electrons. The summed E-state index contributed by atoms with van der Waals surface area (Å²) in [6, 6.07) is 20.9. The number of anilines is 1. The predicted molar refractivity (Wildman–Crippen MR) is 130 cm³/mol. The van der Waals surface area contributed by atoms with E-state index >= 15 is 0 Å². The Labute approximate surface area is 193 Å². The molecule has 1 atom stereocenters. The molecule has 0 unspecified atom stereocenters. The van der Waals surface area contributed by atoms with Crippen molar-refractivity contribution in [2.45, 2.75) is 32.1 Å². The molecule has 2 N–H and O–H groups in total. The van der Waals surface area contributed by atoms with Crippen molar-refractivity contribution < 1.29 is 9.90 Å². The van der Waals surface area contributed by atoms with E-state index in [1.54, 1.807) is 12.4 Å². The van der Waals surface area contributed by atoms with Crippen LogP contribution in [0.1, 0.15) is 41.9 Å². The number of aliphatic hydroxyl groups is 1. The van der Waals surface area contributed by atoms with Crippen molar-refractivity contribution >= 4 is 23.1 Å². The first-order valence-corrected chi connectivity index (χ1v) is 11.2. The third kappa shape index (κ3) is 3.65. The second-order valence-electron chi connectivity index (χ2n) is 8.51. The summed E-state index contributed by atoms with van der Waals surface area (Å²) in [5, 5.41) is 20.8. The van der Waals surface area contributed by atoms with Crippen molar-refractivity contribution in [3.05, 3.63) is 113 Å². The van der Waals surface area contributed by atoms with E-state index in [9.17, 15) is 15.3 Å². The van der Waals surface area contributed by atoms with Crippen LogP contribution in [0, 0.1) is 12.3 Å².